The summed E-state index contributed by atoms with van der Waals surface area (Å²) in [7, 11) is 0. The van der Waals surface area contributed by atoms with Crippen LogP contribution in [-0.4, -0.2) is 23.5 Å². The number of hydrogen-bond acceptors (Lipinski definition) is 4. The maximum Gasteiger partial charge on any atom is 0.339 e. The number of amides is 1. The Balaban J connectivity index is 1.57. The van der Waals surface area contributed by atoms with Crippen LogP contribution in [0.15, 0.2) is 42.5 Å². The zero-order chi connectivity index (χ0) is 21.1. The van der Waals surface area contributed by atoms with Crippen molar-refractivity contribution in [1.29, 1.82) is 0 Å². The highest BCUT2D eigenvalue weighted by Gasteiger charge is 2.23. The van der Waals surface area contributed by atoms with Gasteiger partial charge in [-0.15, -0.1) is 0 Å². The second kappa shape index (κ2) is 8.57. The number of aryl methyl sites for hydroxylation is 1. The highest BCUT2D eigenvalue weighted by molar-refractivity contribution is 6.06. The summed E-state index contributed by atoms with van der Waals surface area (Å²) in [6, 6.07) is 10.6. The number of pyridine rings is 1. The molecule has 3 aromatic rings. The van der Waals surface area contributed by atoms with E-state index >= 15 is 0 Å². The molecule has 0 atom stereocenters. The molecule has 1 heterocycles. The molecule has 7 heteroatoms. The van der Waals surface area contributed by atoms with Gasteiger partial charge in [-0.1, -0.05) is 30.7 Å². The van der Waals surface area contributed by atoms with Crippen LogP contribution in [0.25, 0.3) is 10.9 Å². The van der Waals surface area contributed by atoms with Crippen molar-refractivity contribution in [2.24, 2.45) is 0 Å². The van der Waals surface area contributed by atoms with Crippen LogP contribution >= 0.6 is 0 Å². The molecule has 1 aromatic heterocycles. The zero-order valence-corrected chi connectivity index (χ0v) is 16.2. The molecule has 0 bridgehead atoms. The Labute approximate surface area is 172 Å². The number of anilines is 1. The number of esters is 1. The van der Waals surface area contributed by atoms with Gasteiger partial charge >= 0.3 is 5.97 Å². The Morgan fingerprint density at radius 3 is 2.50 bits per heavy atom. The minimum Gasteiger partial charge on any atom is -0.452 e. The van der Waals surface area contributed by atoms with E-state index in [2.05, 4.69) is 5.32 Å². The van der Waals surface area contributed by atoms with E-state index in [0.717, 1.165) is 49.1 Å². The lowest BCUT2D eigenvalue weighted by Crippen LogP contribution is -2.23. The monoisotopic (exact) mass is 410 g/mol. The number of nitrogens with zero attached hydrogens (tertiary/aromatic N) is 1. The van der Waals surface area contributed by atoms with Crippen LogP contribution in [0, 0.1) is 11.6 Å². The number of ether oxygens (including phenoxy) is 1. The van der Waals surface area contributed by atoms with E-state index in [9.17, 15) is 18.4 Å². The molecule has 154 valence electrons. The summed E-state index contributed by atoms with van der Waals surface area (Å²) >= 11 is 0. The molecule has 2 aromatic carbocycles. The molecule has 0 aliphatic heterocycles. The topological polar surface area (TPSA) is 68.3 Å². The van der Waals surface area contributed by atoms with E-state index < -0.39 is 35.8 Å². The molecule has 4 rings (SSSR count). The molecule has 1 aliphatic rings. The van der Waals surface area contributed by atoms with Gasteiger partial charge in [-0.2, -0.15) is 0 Å². The number of halogens is 2. The molecule has 0 unspecified atom stereocenters. The number of hydrogen-bond donors (Lipinski definition) is 1. The smallest absolute Gasteiger partial charge is 0.339 e. The number of fused-ring (bicyclic) bond motifs is 2. The second-order valence-electron chi connectivity index (χ2n) is 7.21. The zero-order valence-electron chi connectivity index (χ0n) is 16.2. The summed E-state index contributed by atoms with van der Waals surface area (Å²) in [6.07, 6.45) is 4.50. The van der Waals surface area contributed by atoms with Gasteiger partial charge in [0.05, 0.1) is 11.1 Å². The molecule has 1 aliphatic carbocycles. The lowest BCUT2D eigenvalue weighted by molar-refractivity contribution is -0.119. The van der Waals surface area contributed by atoms with Crippen molar-refractivity contribution in [1.82, 2.24) is 4.98 Å². The van der Waals surface area contributed by atoms with Gasteiger partial charge in [0.2, 0.25) is 0 Å². The summed E-state index contributed by atoms with van der Waals surface area (Å²) in [5, 5.41) is 2.79. The minimum atomic E-state index is -0.903. The summed E-state index contributed by atoms with van der Waals surface area (Å²) < 4.78 is 32.6. The Bertz CT molecular complexity index is 1110. The highest BCUT2D eigenvalue weighted by Crippen LogP contribution is 2.29. The van der Waals surface area contributed by atoms with Crippen LogP contribution in [0.2, 0.25) is 0 Å². The third kappa shape index (κ3) is 4.01. The van der Waals surface area contributed by atoms with E-state index in [-0.39, 0.29) is 0 Å². The average molecular weight is 410 g/mol. The lowest BCUT2D eigenvalue weighted by Gasteiger charge is -2.15. The number of para-hydroxylation sites is 2. The maximum absolute atomic E-state index is 13.7. The molecule has 0 spiro atoms. The first-order valence-electron chi connectivity index (χ1n) is 9.86. The van der Waals surface area contributed by atoms with E-state index in [1.807, 2.05) is 18.2 Å². The standard InChI is InChI=1S/C23H20F2N2O3/c24-16-9-6-10-17(25)22(16)27-20(28)13-30-23(29)21-14-7-2-1-3-11-18(14)26-19-12-5-4-8-15(19)21/h4-6,8-10,12H,1-3,7,11,13H2,(H,27,28). The third-order valence-electron chi connectivity index (χ3n) is 5.18. The maximum atomic E-state index is 13.7. The third-order valence-corrected chi connectivity index (χ3v) is 5.18. The van der Waals surface area contributed by atoms with Crippen molar-refractivity contribution in [2.45, 2.75) is 32.1 Å². The molecule has 5 nitrogen and oxygen atoms in total. The fraction of sp³-hybridized carbons (Fsp3) is 0.261. The van der Waals surface area contributed by atoms with Gasteiger partial charge in [-0.25, -0.2) is 13.6 Å². The van der Waals surface area contributed by atoms with Gasteiger partial charge in [0, 0.05) is 11.1 Å². The van der Waals surface area contributed by atoms with Crippen LogP contribution in [-0.2, 0) is 22.4 Å². The van der Waals surface area contributed by atoms with Crippen LogP contribution in [0.3, 0.4) is 0 Å². The van der Waals surface area contributed by atoms with Gasteiger partial charge in [-0.3, -0.25) is 9.78 Å². The van der Waals surface area contributed by atoms with Crippen molar-refractivity contribution in [3.05, 3.63) is 70.9 Å². The molecule has 1 amide bonds. The molecule has 0 radical (unpaired) electrons. The minimum absolute atomic E-state index is 0.419. The van der Waals surface area contributed by atoms with Crippen LogP contribution < -0.4 is 5.32 Å². The fourth-order valence-corrected chi connectivity index (χ4v) is 3.78. The van der Waals surface area contributed by atoms with E-state index in [1.165, 1.54) is 6.07 Å². The van der Waals surface area contributed by atoms with Crippen molar-refractivity contribution in [3.8, 4) is 0 Å². The first-order chi connectivity index (χ1) is 14.5. The quantitative estimate of drug-likeness (QED) is 0.505. The number of rotatable bonds is 4. The fourth-order valence-electron chi connectivity index (χ4n) is 3.78. The number of benzene rings is 2. The molecule has 0 saturated heterocycles. The normalized spacial score (nSPS) is 13.4. The molecule has 30 heavy (non-hydrogen) atoms. The largest absolute Gasteiger partial charge is 0.452 e. The summed E-state index contributed by atoms with van der Waals surface area (Å²) in [4.78, 5) is 29.8. The van der Waals surface area contributed by atoms with Crippen LogP contribution in [0.1, 0.15) is 40.9 Å². The summed E-state index contributed by atoms with van der Waals surface area (Å²) in [6.45, 7) is -0.655. The van der Waals surface area contributed by atoms with Gasteiger partial charge < -0.3 is 10.1 Å². The van der Waals surface area contributed by atoms with Gasteiger partial charge in [-0.05, 0) is 49.4 Å². The molecule has 1 N–H and O–H groups in total. The Morgan fingerprint density at radius 1 is 0.967 bits per heavy atom. The van der Waals surface area contributed by atoms with Crippen molar-refractivity contribution >= 4 is 28.5 Å². The SMILES string of the molecule is O=C(COC(=O)c1c2c(nc3ccccc13)CCCCC2)Nc1c(F)cccc1F. The summed E-state index contributed by atoms with van der Waals surface area (Å²) in [5.74, 6) is -3.27. The van der Waals surface area contributed by atoms with Crippen LogP contribution in [0.4, 0.5) is 14.5 Å². The van der Waals surface area contributed by atoms with E-state index in [4.69, 9.17) is 9.72 Å². The number of carbonyl (C=O) groups excluding carboxylic acids is 2. The number of nitrogens with one attached hydrogen (secondary N) is 1. The van der Waals surface area contributed by atoms with E-state index in [0.29, 0.717) is 22.9 Å². The molecular formula is C23H20F2N2O3. The first-order valence-corrected chi connectivity index (χ1v) is 9.86. The lowest BCUT2D eigenvalue weighted by atomic mass is 9.97. The highest BCUT2D eigenvalue weighted by atomic mass is 19.1. The molecule has 0 saturated carbocycles. The Morgan fingerprint density at radius 2 is 1.70 bits per heavy atom. The Kier molecular flexibility index (Phi) is 5.70. The van der Waals surface area contributed by atoms with E-state index in [1.54, 1.807) is 6.07 Å². The second-order valence-corrected chi connectivity index (χ2v) is 7.21. The number of carbonyl (C=O) groups is 2. The van der Waals surface area contributed by atoms with Crippen LogP contribution in [0.5, 0.6) is 0 Å². The van der Waals surface area contributed by atoms with Gasteiger partial charge in [0.1, 0.15) is 17.3 Å². The van der Waals surface area contributed by atoms with Crippen molar-refractivity contribution < 1.29 is 23.1 Å². The van der Waals surface area contributed by atoms with Gasteiger partial charge in [0.25, 0.3) is 5.91 Å². The van der Waals surface area contributed by atoms with Gasteiger partial charge in [0.15, 0.2) is 6.61 Å². The predicted octanol–water partition coefficient (Wildman–Crippen LogP) is 4.58. The molecular weight excluding hydrogens is 390 g/mol. The molecule has 0 fully saturated rings. The number of aromatic nitrogens is 1. The Hall–Kier alpha value is -3.35. The van der Waals surface area contributed by atoms with Crippen molar-refractivity contribution in [3.63, 3.8) is 0 Å². The summed E-state index contributed by atoms with van der Waals surface area (Å²) in [5.41, 5.74) is 2.29. The average Bonchev–Trinajstić information content (AvgIpc) is 2.98. The first kappa shape index (κ1) is 19.9. The van der Waals surface area contributed by atoms with Crippen molar-refractivity contribution in [2.75, 3.05) is 11.9 Å². The predicted molar refractivity (Wildman–Crippen MR) is 108 cm³/mol.